The Morgan fingerprint density at radius 2 is 1.91 bits per heavy atom. The van der Waals surface area contributed by atoms with E-state index in [1.54, 1.807) is 35.0 Å². The Hall–Kier alpha value is -4.12. The highest BCUT2D eigenvalue weighted by molar-refractivity contribution is 7.99. The lowest BCUT2D eigenvalue weighted by atomic mass is 9.98. The highest BCUT2D eigenvalue weighted by Gasteiger charge is 2.35. The van der Waals surface area contributed by atoms with E-state index in [0.29, 0.717) is 54.0 Å². The van der Waals surface area contributed by atoms with Crippen molar-refractivity contribution >= 4 is 34.5 Å². The lowest BCUT2D eigenvalue weighted by Gasteiger charge is -2.45. The SMILES string of the molecule is C=CC(=O)N1CCN(c2nc(=O)n3c4nc(c(F)cc24)-c2c(F)cccc2CCCSc2ccnc(C(C)C)c2-3)[C@@H](C)[C@H]1C. The maximum atomic E-state index is 16.2. The number of aromatic nitrogens is 4. The zero-order chi connectivity index (χ0) is 31.3. The molecule has 0 aliphatic carbocycles. The molecule has 5 heterocycles. The van der Waals surface area contributed by atoms with Crippen molar-refractivity contribution in [3.63, 3.8) is 0 Å². The fraction of sp³-hybridized carbons (Fsp3) is 0.364. The fourth-order valence-corrected chi connectivity index (χ4v) is 7.27. The number of nitrogens with zero attached hydrogens (tertiary/aromatic N) is 6. The molecule has 2 atom stereocenters. The number of carbonyl (C=O) groups excluding carboxylic acids is 1. The third-order valence-corrected chi connectivity index (χ3v) is 9.80. The van der Waals surface area contributed by atoms with E-state index in [4.69, 9.17) is 4.98 Å². The van der Waals surface area contributed by atoms with E-state index in [-0.39, 0.29) is 46.6 Å². The summed E-state index contributed by atoms with van der Waals surface area (Å²) in [5.74, 6) is -0.541. The smallest absolute Gasteiger partial charge is 0.349 e. The summed E-state index contributed by atoms with van der Waals surface area (Å²) in [7, 11) is 0. The van der Waals surface area contributed by atoms with Crippen LogP contribution in [-0.4, -0.2) is 61.3 Å². The molecule has 1 fully saturated rings. The van der Waals surface area contributed by atoms with Crippen molar-refractivity contribution in [3.05, 3.63) is 82.6 Å². The zero-order valence-electron chi connectivity index (χ0n) is 25.2. The van der Waals surface area contributed by atoms with Crippen molar-refractivity contribution in [3.8, 4) is 16.9 Å². The fourth-order valence-electron chi connectivity index (χ4n) is 6.27. The van der Waals surface area contributed by atoms with Crippen LogP contribution in [0, 0.1) is 11.6 Å². The van der Waals surface area contributed by atoms with E-state index in [2.05, 4.69) is 16.5 Å². The second-order valence-corrected chi connectivity index (χ2v) is 12.7. The summed E-state index contributed by atoms with van der Waals surface area (Å²) in [6, 6.07) is 7.42. The molecule has 2 aliphatic heterocycles. The molecule has 0 radical (unpaired) electrons. The first kappa shape index (κ1) is 29.9. The lowest BCUT2D eigenvalue weighted by molar-refractivity contribution is -0.129. The number of hydrogen-bond donors (Lipinski definition) is 0. The Kier molecular flexibility index (Phi) is 8.00. The van der Waals surface area contributed by atoms with Gasteiger partial charge in [0.2, 0.25) is 5.91 Å². The number of halogens is 2. The number of piperazine rings is 1. The number of fused-ring (bicyclic) bond motifs is 5. The second kappa shape index (κ2) is 11.8. The number of anilines is 1. The minimum absolute atomic E-state index is 0.0467. The Balaban J connectivity index is 1.69. The molecule has 4 aromatic rings. The van der Waals surface area contributed by atoms with Crippen LogP contribution in [0.3, 0.4) is 0 Å². The molecule has 11 heteroatoms. The maximum Gasteiger partial charge on any atom is 0.355 e. The van der Waals surface area contributed by atoms with Gasteiger partial charge in [0.05, 0.1) is 16.8 Å². The van der Waals surface area contributed by atoms with Crippen molar-refractivity contribution in [1.82, 2.24) is 24.4 Å². The number of hydrogen-bond acceptors (Lipinski definition) is 7. The van der Waals surface area contributed by atoms with Gasteiger partial charge in [-0.05, 0) is 68.2 Å². The molecular formula is C33H34F2N6O2S. The molecule has 228 valence electrons. The number of benzene rings is 1. The van der Waals surface area contributed by atoms with Gasteiger partial charge < -0.3 is 9.80 Å². The van der Waals surface area contributed by atoms with Crippen molar-refractivity contribution in [1.29, 1.82) is 0 Å². The van der Waals surface area contributed by atoms with Crippen LogP contribution in [0.2, 0.25) is 0 Å². The number of pyridine rings is 2. The topological polar surface area (TPSA) is 84.2 Å². The van der Waals surface area contributed by atoms with E-state index in [1.807, 2.05) is 38.7 Å². The number of carbonyl (C=O) groups is 1. The summed E-state index contributed by atoms with van der Waals surface area (Å²) in [4.78, 5) is 45.2. The van der Waals surface area contributed by atoms with E-state index < -0.39 is 17.3 Å². The highest BCUT2D eigenvalue weighted by atomic mass is 32.2. The molecule has 1 aromatic carbocycles. The molecule has 8 nitrogen and oxygen atoms in total. The summed E-state index contributed by atoms with van der Waals surface area (Å²) in [5, 5.41) is 0.317. The Bertz CT molecular complexity index is 1860. The maximum absolute atomic E-state index is 16.2. The Morgan fingerprint density at radius 1 is 1.11 bits per heavy atom. The molecule has 0 unspecified atom stereocenters. The van der Waals surface area contributed by atoms with Gasteiger partial charge in [-0.2, -0.15) is 4.98 Å². The van der Waals surface area contributed by atoms with E-state index in [0.717, 1.165) is 4.90 Å². The van der Waals surface area contributed by atoms with Crippen molar-refractivity contribution in [2.75, 3.05) is 23.7 Å². The van der Waals surface area contributed by atoms with Gasteiger partial charge in [-0.25, -0.2) is 23.1 Å². The van der Waals surface area contributed by atoms with E-state index >= 15 is 8.78 Å². The quantitative estimate of drug-likeness (QED) is 0.265. The van der Waals surface area contributed by atoms with Crippen LogP contribution >= 0.6 is 11.8 Å². The second-order valence-electron chi connectivity index (χ2n) is 11.6. The van der Waals surface area contributed by atoms with Crippen LogP contribution in [0.15, 0.2) is 58.9 Å². The molecule has 44 heavy (non-hydrogen) atoms. The molecule has 1 amide bonds. The van der Waals surface area contributed by atoms with E-state index in [1.165, 1.54) is 22.8 Å². The van der Waals surface area contributed by atoms with Crippen LogP contribution < -0.4 is 10.6 Å². The Morgan fingerprint density at radius 3 is 2.66 bits per heavy atom. The predicted octanol–water partition coefficient (Wildman–Crippen LogP) is 5.89. The minimum Gasteiger partial charge on any atom is -0.349 e. The van der Waals surface area contributed by atoms with Crippen LogP contribution in [-0.2, 0) is 11.2 Å². The molecule has 3 aromatic heterocycles. The first-order valence-electron chi connectivity index (χ1n) is 14.8. The van der Waals surface area contributed by atoms with Gasteiger partial charge in [0.25, 0.3) is 0 Å². The molecule has 0 saturated carbocycles. The number of thioether (sulfide) groups is 1. The average Bonchev–Trinajstić information content (AvgIpc) is 2.99. The third-order valence-electron chi connectivity index (χ3n) is 8.67. The Labute approximate surface area is 258 Å². The molecule has 2 aliphatic rings. The van der Waals surface area contributed by atoms with Gasteiger partial charge in [-0.3, -0.25) is 9.78 Å². The largest absolute Gasteiger partial charge is 0.355 e. The summed E-state index contributed by atoms with van der Waals surface area (Å²) in [6.45, 7) is 12.2. The van der Waals surface area contributed by atoms with Gasteiger partial charge in [-0.1, -0.05) is 32.6 Å². The molecule has 2 bridgehead atoms. The number of aryl methyl sites for hydroxylation is 1. The molecular weight excluding hydrogens is 582 g/mol. The summed E-state index contributed by atoms with van der Waals surface area (Å²) in [6.07, 6.45) is 4.27. The van der Waals surface area contributed by atoms with Crippen LogP contribution in [0.25, 0.3) is 28.0 Å². The normalized spacial score (nSPS) is 18.5. The van der Waals surface area contributed by atoms with Crippen molar-refractivity contribution in [2.45, 2.75) is 63.4 Å². The molecule has 6 rings (SSSR count). The standard InChI is InChI=1S/C33H34F2N6O2S/c1-6-26(42)39-14-15-40(20(5)19(39)4)31-22-17-24(35)29-27-21(9-7-11-23(27)34)10-8-16-44-25-12-13-36-28(18(2)3)30(25)41(32(22)37-29)33(43)38-31/h6-7,9,11-13,17-20H,1,8,10,14-16H2,2-5H3/t19-,20+/m1/s1. The van der Waals surface area contributed by atoms with Gasteiger partial charge in [-0.15, -0.1) is 11.8 Å². The van der Waals surface area contributed by atoms with Gasteiger partial charge in [0.15, 0.2) is 5.65 Å². The van der Waals surface area contributed by atoms with Gasteiger partial charge in [0.1, 0.15) is 23.1 Å². The lowest BCUT2D eigenvalue weighted by Crippen LogP contribution is -2.59. The zero-order valence-corrected chi connectivity index (χ0v) is 26.0. The third kappa shape index (κ3) is 4.96. The first-order chi connectivity index (χ1) is 21.1. The molecule has 0 spiro atoms. The van der Waals surface area contributed by atoms with Crippen molar-refractivity contribution < 1.29 is 13.6 Å². The monoisotopic (exact) mass is 616 g/mol. The molecule has 1 saturated heterocycles. The minimum atomic E-state index is -0.708. The summed E-state index contributed by atoms with van der Waals surface area (Å²) in [5.41, 5.74) is 1.43. The van der Waals surface area contributed by atoms with Gasteiger partial charge in [0, 0.05) is 41.8 Å². The summed E-state index contributed by atoms with van der Waals surface area (Å²) >= 11 is 1.59. The van der Waals surface area contributed by atoms with Crippen LogP contribution in [0.4, 0.5) is 14.6 Å². The van der Waals surface area contributed by atoms with Crippen LogP contribution in [0.5, 0.6) is 0 Å². The summed E-state index contributed by atoms with van der Waals surface area (Å²) < 4.78 is 33.1. The number of amides is 1. The van der Waals surface area contributed by atoms with Crippen molar-refractivity contribution in [2.24, 2.45) is 0 Å². The number of rotatable bonds is 3. The first-order valence-corrected chi connectivity index (χ1v) is 15.8. The predicted molar refractivity (Wildman–Crippen MR) is 170 cm³/mol. The average molecular weight is 617 g/mol. The van der Waals surface area contributed by atoms with Gasteiger partial charge >= 0.3 is 5.69 Å². The van der Waals surface area contributed by atoms with E-state index in [9.17, 15) is 9.59 Å². The van der Waals surface area contributed by atoms with Crippen LogP contribution in [0.1, 0.15) is 51.3 Å². The highest BCUT2D eigenvalue weighted by Crippen LogP contribution is 2.38. The molecule has 0 N–H and O–H groups in total.